The molecule has 0 bridgehead atoms. The van der Waals surface area contributed by atoms with Crippen molar-refractivity contribution in [2.75, 3.05) is 13.6 Å². The van der Waals surface area contributed by atoms with Gasteiger partial charge in [0.05, 0.1) is 0 Å². The Morgan fingerprint density at radius 2 is 1.76 bits per heavy atom. The summed E-state index contributed by atoms with van der Waals surface area (Å²) in [4.78, 5) is 9.45. The highest BCUT2D eigenvalue weighted by molar-refractivity contribution is 5.30. The highest BCUT2D eigenvalue weighted by Crippen LogP contribution is 2.21. The fourth-order valence-electron chi connectivity index (χ4n) is 3.00. The molecule has 0 saturated carbocycles. The molecule has 2 rings (SSSR count). The van der Waals surface area contributed by atoms with Gasteiger partial charge in [0, 0.05) is 24.4 Å². The average molecular weight is 283 g/mol. The van der Waals surface area contributed by atoms with Crippen LogP contribution in [0.5, 0.6) is 0 Å². The highest BCUT2D eigenvalue weighted by Gasteiger charge is 2.14. The van der Waals surface area contributed by atoms with Gasteiger partial charge in [-0.15, -0.1) is 0 Å². The molecule has 0 aliphatic rings. The van der Waals surface area contributed by atoms with E-state index in [1.54, 1.807) is 0 Å². The minimum absolute atomic E-state index is 0.433. The third kappa shape index (κ3) is 3.88. The Balaban J connectivity index is 2.27. The number of benzene rings is 1. The smallest absolute Gasteiger partial charge is 0.133 e. The molecule has 0 aliphatic heterocycles. The average Bonchev–Trinajstić information content (AvgIpc) is 2.38. The molecular weight excluding hydrogens is 258 g/mol. The van der Waals surface area contributed by atoms with Gasteiger partial charge in [-0.25, -0.2) is 9.97 Å². The van der Waals surface area contributed by atoms with Crippen LogP contribution in [0.15, 0.2) is 24.3 Å². The molecule has 1 atom stereocenters. The van der Waals surface area contributed by atoms with Crippen LogP contribution in [-0.4, -0.2) is 23.6 Å². The van der Waals surface area contributed by atoms with E-state index in [9.17, 15) is 0 Å². The van der Waals surface area contributed by atoms with Gasteiger partial charge in [0.1, 0.15) is 5.82 Å². The number of nitrogens with zero attached hydrogens (tertiary/aromatic N) is 2. The second kappa shape index (κ2) is 6.81. The van der Waals surface area contributed by atoms with Crippen molar-refractivity contribution in [1.82, 2.24) is 15.3 Å². The van der Waals surface area contributed by atoms with Crippen LogP contribution >= 0.6 is 0 Å². The first-order chi connectivity index (χ1) is 10.0. The van der Waals surface area contributed by atoms with Crippen LogP contribution in [-0.2, 0) is 6.42 Å². The van der Waals surface area contributed by atoms with E-state index in [0.29, 0.717) is 5.92 Å². The number of nitrogens with one attached hydrogen (secondary N) is 1. The van der Waals surface area contributed by atoms with Gasteiger partial charge in [-0.05, 0) is 44.9 Å². The van der Waals surface area contributed by atoms with E-state index < -0.39 is 0 Å². The second-order valence-electron chi connectivity index (χ2n) is 5.85. The van der Waals surface area contributed by atoms with Gasteiger partial charge in [0.25, 0.3) is 0 Å². The Kier molecular flexibility index (Phi) is 5.07. The Labute approximate surface area is 127 Å². The van der Waals surface area contributed by atoms with E-state index in [2.05, 4.69) is 57.3 Å². The third-order valence-electron chi connectivity index (χ3n) is 3.82. The van der Waals surface area contributed by atoms with Crippen molar-refractivity contribution in [3.63, 3.8) is 0 Å². The Morgan fingerprint density at radius 1 is 1.10 bits per heavy atom. The van der Waals surface area contributed by atoms with E-state index in [1.165, 1.54) is 16.7 Å². The molecule has 112 valence electrons. The molecule has 0 fully saturated rings. The zero-order valence-corrected chi connectivity index (χ0v) is 13.7. The minimum atomic E-state index is 0.433. The van der Waals surface area contributed by atoms with Gasteiger partial charge < -0.3 is 5.32 Å². The zero-order chi connectivity index (χ0) is 15.4. The van der Waals surface area contributed by atoms with Crippen LogP contribution in [0.4, 0.5) is 0 Å². The molecule has 0 amide bonds. The molecule has 1 aromatic carbocycles. The molecule has 3 nitrogen and oxygen atoms in total. The quantitative estimate of drug-likeness (QED) is 0.914. The van der Waals surface area contributed by atoms with Crippen molar-refractivity contribution in [3.05, 3.63) is 58.2 Å². The second-order valence-corrected chi connectivity index (χ2v) is 5.85. The van der Waals surface area contributed by atoms with Gasteiger partial charge in [-0.1, -0.05) is 36.8 Å². The van der Waals surface area contributed by atoms with Crippen LogP contribution < -0.4 is 5.32 Å². The van der Waals surface area contributed by atoms with E-state index in [0.717, 1.165) is 30.2 Å². The number of rotatable bonds is 5. The molecule has 2 aromatic rings. The lowest BCUT2D eigenvalue weighted by Crippen LogP contribution is -2.18. The van der Waals surface area contributed by atoms with Crippen molar-refractivity contribution in [3.8, 4) is 0 Å². The Bertz CT molecular complexity index is 597. The summed E-state index contributed by atoms with van der Waals surface area (Å²) in [5.74, 6) is 1.35. The molecular formula is C18H25N3. The zero-order valence-electron chi connectivity index (χ0n) is 13.7. The molecule has 0 saturated heterocycles. The van der Waals surface area contributed by atoms with Crippen molar-refractivity contribution < 1.29 is 0 Å². The van der Waals surface area contributed by atoms with Crippen molar-refractivity contribution in [2.45, 2.75) is 40.0 Å². The summed E-state index contributed by atoms with van der Waals surface area (Å²) < 4.78 is 0. The predicted octanol–water partition coefficient (Wildman–Crippen LogP) is 3.32. The lowest BCUT2D eigenvalue weighted by Gasteiger charge is -2.17. The van der Waals surface area contributed by atoms with Crippen molar-refractivity contribution in [2.24, 2.45) is 0 Å². The summed E-state index contributed by atoms with van der Waals surface area (Å²) in [6, 6.07) is 8.54. The van der Waals surface area contributed by atoms with Crippen LogP contribution in [0.25, 0.3) is 0 Å². The standard InChI is InChI=1S/C18H25N3/c1-12-7-6-8-16(9-12)10-17-20-14(3)18(15(4)21-17)13(2)11-19-5/h6-9,13,19H,10-11H2,1-5H3. The maximum atomic E-state index is 4.72. The van der Waals surface area contributed by atoms with Gasteiger partial charge >= 0.3 is 0 Å². The Hall–Kier alpha value is -1.74. The molecule has 0 radical (unpaired) electrons. The summed E-state index contributed by atoms with van der Waals surface area (Å²) in [7, 11) is 1.98. The molecule has 1 aromatic heterocycles. The Morgan fingerprint density at radius 3 is 2.33 bits per heavy atom. The minimum Gasteiger partial charge on any atom is -0.319 e. The lowest BCUT2D eigenvalue weighted by atomic mass is 9.97. The summed E-state index contributed by atoms with van der Waals surface area (Å²) in [5, 5.41) is 3.23. The molecule has 1 unspecified atom stereocenters. The predicted molar refractivity (Wildman–Crippen MR) is 87.8 cm³/mol. The topological polar surface area (TPSA) is 37.8 Å². The van der Waals surface area contributed by atoms with E-state index in [1.807, 2.05) is 7.05 Å². The molecule has 0 spiro atoms. The van der Waals surface area contributed by atoms with Crippen molar-refractivity contribution >= 4 is 0 Å². The summed E-state index contributed by atoms with van der Waals surface area (Å²) in [6.45, 7) is 9.47. The van der Waals surface area contributed by atoms with Crippen LogP contribution in [0.2, 0.25) is 0 Å². The van der Waals surface area contributed by atoms with Gasteiger partial charge in [0.2, 0.25) is 0 Å². The first-order valence-electron chi connectivity index (χ1n) is 7.55. The van der Waals surface area contributed by atoms with E-state index in [4.69, 9.17) is 9.97 Å². The largest absolute Gasteiger partial charge is 0.319 e. The van der Waals surface area contributed by atoms with Gasteiger partial charge in [-0.3, -0.25) is 0 Å². The van der Waals surface area contributed by atoms with Crippen molar-refractivity contribution in [1.29, 1.82) is 0 Å². The summed E-state index contributed by atoms with van der Waals surface area (Å²) in [6.07, 6.45) is 0.796. The number of likely N-dealkylation sites (N-methyl/N-ethyl adjacent to an activating group) is 1. The van der Waals surface area contributed by atoms with E-state index >= 15 is 0 Å². The molecule has 1 heterocycles. The number of hydrogen-bond donors (Lipinski definition) is 1. The van der Waals surface area contributed by atoms with Gasteiger partial charge in [-0.2, -0.15) is 0 Å². The first kappa shape index (κ1) is 15.6. The maximum absolute atomic E-state index is 4.72. The molecule has 0 aliphatic carbocycles. The third-order valence-corrected chi connectivity index (χ3v) is 3.82. The van der Waals surface area contributed by atoms with E-state index in [-0.39, 0.29) is 0 Å². The van der Waals surface area contributed by atoms with Gasteiger partial charge in [0.15, 0.2) is 0 Å². The molecule has 3 heteroatoms. The van der Waals surface area contributed by atoms with Crippen LogP contribution in [0, 0.1) is 20.8 Å². The maximum Gasteiger partial charge on any atom is 0.133 e. The monoisotopic (exact) mass is 283 g/mol. The molecule has 21 heavy (non-hydrogen) atoms. The first-order valence-corrected chi connectivity index (χ1v) is 7.55. The summed E-state index contributed by atoms with van der Waals surface area (Å²) >= 11 is 0. The SMILES string of the molecule is CNCC(C)c1c(C)nc(Cc2cccc(C)c2)nc1C. The fourth-order valence-corrected chi connectivity index (χ4v) is 3.00. The lowest BCUT2D eigenvalue weighted by molar-refractivity contribution is 0.659. The van der Waals surface area contributed by atoms with Crippen LogP contribution in [0.1, 0.15) is 46.7 Å². The highest BCUT2D eigenvalue weighted by atomic mass is 14.9. The fraction of sp³-hybridized carbons (Fsp3) is 0.444. The van der Waals surface area contributed by atoms with Crippen LogP contribution in [0.3, 0.4) is 0 Å². The molecule has 1 N–H and O–H groups in total. The number of aromatic nitrogens is 2. The normalized spacial score (nSPS) is 12.4. The number of hydrogen-bond acceptors (Lipinski definition) is 3. The number of aryl methyl sites for hydroxylation is 3. The summed E-state index contributed by atoms with van der Waals surface area (Å²) in [5.41, 5.74) is 6.03.